The Morgan fingerprint density at radius 3 is 2.84 bits per heavy atom. The molecule has 2 N–H and O–H groups in total. The number of hydrogen-bond donors (Lipinski definition) is 1. The molecule has 3 nitrogen and oxygen atoms in total. The van der Waals surface area contributed by atoms with Gasteiger partial charge in [-0.05, 0) is 30.0 Å². The van der Waals surface area contributed by atoms with Gasteiger partial charge in [-0.25, -0.2) is 0 Å². The lowest BCUT2D eigenvalue weighted by Gasteiger charge is -2.18. The average molecular weight is 295 g/mol. The normalized spacial score (nSPS) is 10.4. The molecule has 0 aliphatic heterocycles. The van der Waals surface area contributed by atoms with Crippen LogP contribution in [0.1, 0.15) is 15.2 Å². The highest BCUT2D eigenvalue weighted by atomic mass is 35.5. The Hall–Kier alpha value is -1.52. The molecule has 0 saturated heterocycles. The van der Waals surface area contributed by atoms with E-state index in [9.17, 15) is 4.79 Å². The van der Waals surface area contributed by atoms with E-state index in [4.69, 9.17) is 17.3 Å². The highest BCUT2D eigenvalue weighted by Crippen LogP contribution is 2.23. The van der Waals surface area contributed by atoms with Gasteiger partial charge in [0.1, 0.15) is 0 Å². The topological polar surface area (TPSA) is 46.3 Å². The highest BCUT2D eigenvalue weighted by molar-refractivity contribution is 7.09. The molecule has 1 aromatic heterocycles. The van der Waals surface area contributed by atoms with E-state index in [-0.39, 0.29) is 5.91 Å². The number of halogens is 1. The maximum atomic E-state index is 12.3. The van der Waals surface area contributed by atoms with E-state index in [0.29, 0.717) is 22.8 Å². The summed E-state index contributed by atoms with van der Waals surface area (Å²) in [6, 6.07) is 9.19. The number of nitrogens with two attached hydrogens (primary N) is 1. The Kier molecular flexibility index (Phi) is 4.45. The average Bonchev–Trinajstić information content (AvgIpc) is 2.91. The number of hydrogen-bond acceptors (Lipinski definition) is 3. The van der Waals surface area contributed by atoms with Crippen molar-refractivity contribution in [3.05, 3.63) is 51.2 Å². The largest absolute Gasteiger partial charge is 0.397 e. The summed E-state index contributed by atoms with van der Waals surface area (Å²) in [4.78, 5) is 15.2. The quantitative estimate of drug-likeness (QED) is 0.880. The molecule has 0 spiro atoms. The first-order chi connectivity index (χ1) is 9.09. The van der Waals surface area contributed by atoms with Crippen molar-refractivity contribution >= 4 is 34.5 Å². The van der Waals surface area contributed by atoms with Crippen molar-refractivity contribution in [2.45, 2.75) is 6.42 Å². The molecule has 0 unspecified atom stereocenters. The zero-order valence-electron chi connectivity index (χ0n) is 10.6. The van der Waals surface area contributed by atoms with Crippen molar-refractivity contribution in [3.63, 3.8) is 0 Å². The van der Waals surface area contributed by atoms with Crippen molar-refractivity contribution in [1.82, 2.24) is 4.90 Å². The molecule has 2 aromatic rings. The third-order valence-electron chi connectivity index (χ3n) is 2.90. The van der Waals surface area contributed by atoms with Crippen LogP contribution in [0.5, 0.6) is 0 Å². The van der Waals surface area contributed by atoms with Crippen LogP contribution in [0.3, 0.4) is 0 Å². The zero-order valence-corrected chi connectivity index (χ0v) is 12.2. The van der Waals surface area contributed by atoms with Gasteiger partial charge in [-0.2, -0.15) is 0 Å². The zero-order chi connectivity index (χ0) is 13.8. The molecule has 0 saturated carbocycles. The van der Waals surface area contributed by atoms with Crippen LogP contribution in [0.15, 0.2) is 35.7 Å². The Morgan fingerprint density at radius 1 is 1.37 bits per heavy atom. The Balaban J connectivity index is 2.04. The molecule has 2 rings (SSSR count). The van der Waals surface area contributed by atoms with Crippen LogP contribution >= 0.6 is 22.9 Å². The van der Waals surface area contributed by atoms with Crippen LogP contribution in [-0.4, -0.2) is 24.4 Å². The molecule has 5 heteroatoms. The third-order valence-corrected chi connectivity index (χ3v) is 4.17. The number of carbonyl (C=O) groups excluding carboxylic acids is 1. The summed E-state index contributed by atoms with van der Waals surface area (Å²) in [5.74, 6) is -0.100. The monoisotopic (exact) mass is 294 g/mol. The lowest BCUT2D eigenvalue weighted by molar-refractivity contribution is 0.0798. The minimum Gasteiger partial charge on any atom is -0.397 e. The third kappa shape index (κ3) is 3.28. The number of nitrogens with zero attached hydrogens (tertiary/aromatic N) is 1. The summed E-state index contributed by atoms with van der Waals surface area (Å²) < 4.78 is 0. The van der Waals surface area contributed by atoms with Gasteiger partial charge in [0.15, 0.2) is 0 Å². The van der Waals surface area contributed by atoms with E-state index in [1.54, 1.807) is 41.5 Å². The molecular formula is C14H15ClN2OS. The number of thiophene rings is 1. The van der Waals surface area contributed by atoms with Gasteiger partial charge in [0.2, 0.25) is 0 Å². The van der Waals surface area contributed by atoms with Gasteiger partial charge in [0, 0.05) is 18.5 Å². The van der Waals surface area contributed by atoms with Crippen LogP contribution in [0.4, 0.5) is 5.69 Å². The Bertz CT molecular complexity index is 569. The van der Waals surface area contributed by atoms with Crippen LogP contribution in [0.25, 0.3) is 0 Å². The fraction of sp³-hybridized carbons (Fsp3) is 0.214. The molecule has 1 amide bonds. The van der Waals surface area contributed by atoms with E-state index in [1.165, 1.54) is 4.88 Å². The number of nitrogen functional groups attached to an aromatic ring is 1. The number of anilines is 1. The molecule has 0 radical (unpaired) electrons. The summed E-state index contributed by atoms with van der Waals surface area (Å²) in [6.45, 7) is 0.658. The number of carbonyl (C=O) groups is 1. The van der Waals surface area contributed by atoms with Crippen molar-refractivity contribution in [2.75, 3.05) is 19.3 Å². The predicted octanol–water partition coefficient (Wildman–Crippen LogP) is 3.30. The Morgan fingerprint density at radius 2 is 2.16 bits per heavy atom. The molecule has 100 valence electrons. The highest BCUT2D eigenvalue weighted by Gasteiger charge is 2.15. The fourth-order valence-electron chi connectivity index (χ4n) is 1.76. The van der Waals surface area contributed by atoms with E-state index < -0.39 is 0 Å². The van der Waals surface area contributed by atoms with E-state index >= 15 is 0 Å². The van der Waals surface area contributed by atoms with Crippen LogP contribution < -0.4 is 5.73 Å². The first-order valence-corrected chi connectivity index (χ1v) is 7.17. The second-order valence-electron chi connectivity index (χ2n) is 4.26. The molecule has 1 aromatic carbocycles. The molecule has 0 atom stereocenters. The molecule has 0 aliphatic carbocycles. The lowest BCUT2D eigenvalue weighted by atomic mass is 10.1. The van der Waals surface area contributed by atoms with Gasteiger partial charge in [-0.1, -0.05) is 23.7 Å². The van der Waals surface area contributed by atoms with Crippen molar-refractivity contribution < 1.29 is 4.79 Å². The first-order valence-electron chi connectivity index (χ1n) is 5.91. The van der Waals surface area contributed by atoms with E-state index in [0.717, 1.165) is 6.42 Å². The summed E-state index contributed by atoms with van der Waals surface area (Å²) in [5.41, 5.74) is 6.64. The van der Waals surface area contributed by atoms with E-state index in [1.807, 2.05) is 11.4 Å². The number of likely N-dealkylation sites (N-methyl/N-ethyl adjacent to an activating group) is 1. The maximum Gasteiger partial charge on any atom is 0.255 e. The molecule has 19 heavy (non-hydrogen) atoms. The van der Waals surface area contributed by atoms with Crippen LogP contribution in [0.2, 0.25) is 5.02 Å². The van der Waals surface area contributed by atoms with Gasteiger partial charge in [-0.3, -0.25) is 4.79 Å². The minimum absolute atomic E-state index is 0.100. The molecule has 1 heterocycles. The number of rotatable bonds is 4. The predicted molar refractivity (Wildman–Crippen MR) is 80.8 cm³/mol. The Labute approximate surface area is 121 Å². The van der Waals surface area contributed by atoms with Gasteiger partial charge in [-0.15, -0.1) is 11.3 Å². The van der Waals surface area contributed by atoms with Crippen molar-refractivity contribution in [3.8, 4) is 0 Å². The smallest absolute Gasteiger partial charge is 0.255 e. The van der Waals surface area contributed by atoms with Crippen LogP contribution in [-0.2, 0) is 6.42 Å². The van der Waals surface area contributed by atoms with E-state index in [2.05, 4.69) is 6.07 Å². The van der Waals surface area contributed by atoms with Crippen LogP contribution in [0, 0.1) is 0 Å². The second kappa shape index (κ2) is 6.08. The first kappa shape index (κ1) is 13.9. The van der Waals surface area contributed by atoms with Gasteiger partial charge < -0.3 is 10.6 Å². The molecule has 0 aliphatic rings. The molecule has 0 bridgehead atoms. The maximum absolute atomic E-state index is 12.3. The fourth-order valence-corrected chi connectivity index (χ4v) is 2.64. The molecular weight excluding hydrogens is 280 g/mol. The lowest BCUT2D eigenvalue weighted by Crippen LogP contribution is -2.29. The van der Waals surface area contributed by atoms with Gasteiger partial charge >= 0.3 is 0 Å². The number of para-hydroxylation sites is 1. The van der Waals surface area contributed by atoms with Crippen molar-refractivity contribution in [1.29, 1.82) is 0 Å². The van der Waals surface area contributed by atoms with Gasteiger partial charge in [0.25, 0.3) is 5.91 Å². The SMILES string of the molecule is CN(CCc1cccs1)C(=O)c1cccc(Cl)c1N. The molecule has 0 fully saturated rings. The summed E-state index contributed by atoms with van der Waals surface area (Å²) in [6.07, 6.45) is 0.848. The summed E-state index contributed by atoms with van der Waals surface area (Å²) in [5, 5.41) is 2.45. The van der Waals surface area contributed by atoms with Crippen molar-refractivity contribution in [2.24, 2.45) is 0 Å². The minimum atomic E-state index is -0.100. The second-order valence-corrected chi connectivity index (χ2v) is 5.70. The standard InChI is InChI=1S/C14H15ClN2OS/c1-17(8-7-10-4-3-9-19-10)14(18)11-5-2-6-12(15)13(11)16/h2-6,9H,7-8,16H2,1H3. The van der Waals surface area contributed by atoms with Gasteiger partial charge in [0.05, 0.1) is 16.3 Å². The number of benzene rings is 1. The summed E-state index contributed by atoms with van der Waals surface area (Å²) >= 11 is 7.62. The number of amides is 1. The summed E-state index contributed by atoms with van der Waals surface area (Å²) in [7, 11) is 1.77.